The zero-order chi connectivity index (χ0) is 10.8. The molecule has 0 spiro atoms. The molecule has 2 rings (SSSR count). The third kappa shape index (κ3) is 2.52. The highest BCUT2D eigenvalue weighted by atomic mass is 16.1. The molecule has 1 aromatic carbocycles. The summed E-state index contributed by atoms with van der Waals surface area (Å²) in [5.41, 5.74) is 1.77. The molecule has 0 atom stereocenters. The van der Waals surface area contributed by atoms with Gasteiger partial charge in [-0.3, -0.25) is 9.59 Å². The minimum atomic E-state index is -0.0492. The molecule has 2 heteroatoms. The Balaban J connectivity index is 2.00. The number of aryl methyl sites for hydroxylation is 1. The van der Waals surface area contributed by atoms with E-state index in [4.69, 9.17) is 0 Å². The van der Waals surface area contributed by atoms with Gasteiger partial charge >= 0.3 is 0 Å². The predicted molar refractivity (Wildman–Crippen MR) is 57.9 cm³/mol. The summed E-state index contributed by atoms with van der Waals surface area (Å²) in [6.45, 7) is 1.98. The van der Waals surface area contributed by atoms with Gasteiger partial charge in [-0.1, -0.05) is 29.8 Å². The Hall–Kier alpha value is -1.44. The highest BCUT2D eigenvalue weighted by molar-refractivity contribution is 6.09. The molecule has 1 aromatic rings. The fourth-order valence-electron chi connectivity index (χ4n) is 1.55. The van der Waals surface area contributed by atoms with Crippen molar-refractivity contribution in [2.75, 3.05) is 0 Å². The van der Waals surface area contributed by atoms with Crippen molar-refractivity contribution in [3.63, 3.8) is 0 Å². The van der Waals surface area contributed by atoms with Crippen LogP contribution in [0.5, 0.6) is 0 Å². The summed E-state index contributed by atoms with van der Waals surface area (Å²) < 4.78 is 0. The Morgan fingerprint density at radius 1 is 1.20 bits per heavy atom. The van der Waals surface area contributed by atoms with Crippen LogP contribution in [0, 0.1) is 12.8 Å². The molecule has 0 N–H and O–H groups in total. The van der Waals surface area contributed by atoms with Gasteiger partial charge < -0.3 is 0 Å². The van der Waals surface area contributed by atoms with Gasteiger partial charge in [-0.05, 0) is 19.8 Å². The first-order valence-corrected chi connectivity index (χ1v) is 5.29. The summed E-state index contributed by atoms with van der Waals surface area (Å²) in [6, 6.07) is 7.37. The first kappa shape index (κ1) is 10.1. The third-order valence-corrected chi connectivity index (χ3v) is 2.74. The number of Topliss-reactive ketones (excluding diaryl/α,β-unsaturated/α-hetero) is 2. The summed E-state index contributed by atoms with van der Waals surface area (Å²) in [5.74, 6) is 0.242. The number of hydrogen-bond donors (Lipinski definition) is 0. The maximum absolute atomic E-state index is 11.7. The molecule has 0 saturated heterocycles. The molecule has 15 heavy (non-hydrogen) atoms. The van der Waals surface area contributed by atoms with Gasteiger partial charge in [-0.2, -0.15) is 0 Å². The molecule has 78 valence electrons. The standard InChI is InChI=1S/C13H14O2/c1-9-2-4-10(5-3-9)12(14)8-13(15)11-6-7-11/h2-5,11H,6-8H2,1H3. The first-order valence-electron chi connectivity index (χ1n) is 5.29. The second-order valence-corrected chi connectivity index (χ2v) is 4.21. The van der Waals surface area contributed by atoms with E-state index in [9.17, 15) is 9.59 Å². The highest BCUT2D eigenvalue weighted by Crippen LogP contribution is 2.31. The van der Waals surface area contributed by atoms with Gasteiger partial charge in [0.1, 0.15) is 5.78 Å². The van der Waals surface area contributed by atoms with Crippen molar-refractivity contribution in [1.82, 2.24) is 0 Å². The van der Waals surface area contributed by atoms with E-state index in [0.29, 0.717) is 5.56 Å². The van der Waals surface area contributed by atoms with Gasteiger partial charge in [0, 0.05) is 11.5 Å². The summed E-state index contributed by atoms with van der Waals surface area (Å²) in [5, 5.41) is 0. The largest absolute Gasteiger partial charge is 0.299 e. The van der Waals surface area contributed by atoms with Crippen LogP contribution in [0.15, 0.2) is 24.3 Å². The molecule has 1 aliphatic rings. The lowest BCUT2D eigenvalue weighted by molar-refractivity contribution is -0.119. The monoisotopic (exact) mass is 202 g/mol. The quantitative estimate of drug-likeness (QED) is 0.555. The van der Waals surface area contributed by atoms with E-state index < -0.39 is 0 Å². The van der Waals surface area contributed by atoms with Crippen LogP contribution in [0.1, 0.15) is 35.2 Å². The molecular weight excluding hydrogens is 188 g/mol. The van der Waals surface area contributed by atoms with Crippen LogP contribution in [0.25, 0.3) is 0 Å². The molecule has 1 saturated carbocycles. The number of hydrogen-bond acceptors (Lipinski definition) is 2. The van der Waals surface area contributed by atoms with Gasteiger partial charge in [0.25, 0.3) is 0 Å². The maximum Gasteiger partial charge on any atom is 0.170 e. The van der Waals surface area contributed by atoms with Crippen LogP contribution in [0.2, 0.25) is 0 Å². The molecule has 0 bridgehead atoms. The van der Waals surface area contributed by atoms with Crippen molar-refractivity contribution in [3.05, 3.63) is 35.4 Å². The fourth-order valence-corrected chi connectivity index (χ4v) is 1.55. The average molecular weight is 202 g/mol. The zero-order valence-electron chi connectivity index (χ0n) is 8.82. The highest BCUT2D eigenvalue weighted by Gasteiger charge is 2.30. The number of ketones is 2. The van der Waals surface area contributed by atoms with Gasteiger partial charge in [0.05, 0.1) is 6.42 Å². The number of carbonyl (C=O) groups is 2. The lowest BCUT2D eigenvalue weighted by Gasteiger charge is -2.00. The zero-order valence-corrected chi connectivity index (χ0v) is 8.82. The summed E-state index contributed by atoms with van der Waals surface area (Å²) in [4.78, 5) is 23.1. The number of benzene rings is 1. The van der Waals surface area contributed by atoms with Crippen molar-refractivity contribution in [3.8, 4) is 0 Å². The van der Waals surface area contributed by atoms with Crippen molar-refractivity contribution in [1.29, 1.82) is 0 Å². The van der Waals surface area contributed by atoms with Crippen molar-refractivity contribution in [2.24, 2.45) is 5.92 Å². The summed E-state index contributed by atoms with van der Waals surface area (Å²) in [7, 11) is 0. The topological polar surface area (TPSA) is 34.1 Å². The normalized spacial score (nSPS) is 15.0. The smallest absolute Gasteiger partial charge is 0.170 e. The van der Waals surface area contributed by atoms with E-state index in [1.807, 2.05) is 19.1 Å². The van der Waals surface area contributed by atoms with Gasteiger partial charge in [0.2, 0.25) is 0 Å². The predicted octanol–water partition coefficient (Wildman–Crippen LogP) is 2.55. The average Bonchev–Trinajstić information content (AvgIpc) is 3.01. The van der Waals surface area contributed by atoms with Crippen LogP contribution < -0.4 is 0 Å². The lowest BCUT2D eigenvalue weighted by Crippen LogP contribution is -2.09. The Bertz CT molecular complexity index is 386. The molecule has 2 nitrogen and oxygen atoms in total. The Labute approximate surface area is 89.3 Å². The number of carbonyl (C=O) groups excluding carboxylic acids is 2. The molecule has 0 amide bonds. The fraction of sp³-hybridized carbons (Fsp3) is 0.385. The van der Waals surface area contributed by atoms with Gasteiger partial charge in [-0.15, -0.1) is 0 Å². The van der Waals surface area contributed by atoms with Crippen LogP contribution >= 0.6 is 0 Å². The van der Waals surface area contributed by atoms with E-state index in [1.54, 1.807) is 12.1 Å². The van der Waals surface area contributed by atoms with E-state index in [1.165, 1.54) is 0 Å². The molecule has 1 fully saturated rings. The van der Waals surface area contributed by atoms with E-state index in [-0.39, 0.29) is 23.9 Å². The van der Waals surface area contributed by atoms with Crippen LogP contribution in [-0.2, 0) is 4.79 Å². The van der Waals surface area contributed by atoms with Crippen LogP contribution in [0.3, 0.4) is 0 Å². The van der Waals surface area contributed by atoms with Gasteiger partial charge in [-0.25, -0.2) is 0 Å². The Kier molecular flexibility index (Phi) is 2.67. The molecule has 0 unspecified atom stereocenters. The van der Waals surface area contributed by atoms with Crippen LogP contribution in [-0.4, -0.2) is 11.6 Å². The third-order valence-electron chi connectivity index (χ3n) is 2.74. The molecular formula is C13H14O2. The van der Waals surface area contributed by atoms with Crippen molar-refractivity contribution in [2.45, 2.75) is 26.2 Å². The summed E-state index contributed by atoms with van der Waals surface area (Å²) in [6.07, 6.45) is 2.02. The second-order valence-electron chi connectivity index (χ2n) is 4.21. The van der Waals surface area contributed by atoms with Gasteiger partial charge in [0.15, 0.2) is 5.78 Å². The minimum absolute atomic E-state index is 0.0492. The summed E-state index contributed by atoms with van der Waals surface area (Å²) >= 11 is 0. The van der Waals surface area contributed by atoms with Crippen molar-refractivity contribution >= 4 is 11.6 Å². The second kappa shape index (κ2) is 3.97. The van der Waals surface area contributed by atoms with E-state index in [2.05, 4.69) is 0 Å². The van der Waals surface area contributed by atoms with E-state index >= 15 is 0 Å². The molecule has 0 aromatic heterocycles. The number of rotatable bonds is 4. The Morgan fingerprint density at radius 2 is 1.80 bits per heavy atom. The lowest BCUT2D eigenvalue weighted by atomic mass is 10.0. The Morgan fingerprint density at radius 3 is 2.33 bits per heavy atom. The SMILES string of the molecule is Cc1ccc(C(=O)CC(=O)C2CC2)cc1. The maximum atomic E-state index is 11.7. The molecule has 0 aliphatic heterocycles. The molecule has 0 radical (unpaired) electrons. The van der Waals surface area contributed by atoms with E-state index in [0.717, 1.165) is 18.4 Å². The first-order chi connectivity index (χ1) is 7.16. The molecule has 0 heterocycles. The van der Waals surface area contributed by atoms with Crippen LogP contribution in [0.4, 0.5) is 0 Å². The molecule has 1 aliphatic carbocycles. The van der Waals surface area contributed by atoms with Crippen molar-refractivity contribution < 1.29 is 9.59 Å². The minimum Gasteiger partial charge on any atom is -0.299 e.